The Morgan fingerprint density at radius 1 is 1.10 bits per heavy atom. The Morgan fingerprint density at radius 2 is 1.91 bits per heavy atom. The van der Waals surface area contributed by atoms with Crippen LogP contribution in [0.1, 0.15) is 74.4 Å². The number of carbonyl (C=O) groups excluding carboxylic acids is 3. The van der Waals surface area contributed by atoms with Crippen LogP contribution in [0.5, 0.6) is 0 Å². The molecule has 2 bridgehead atoms. The van der Waals surface area contributed by atoms with Gasteiger partial charge in [0, 0.05) is 79.3 Å². The quantitative estimate of drug-likeness (QED) is 0.124. The van der Waals surface area contributed by atoms with Crippen LogP contribution in [-0.2, 0) is 52.5 Å². The molecule has 12 heteroatoms. The zero-order chi connectivity index (χ0) is 40.8. The van der Waals surface area contributed by atoms with Crippen LogP contribution in [0, 0.1) is 11.3 Å². The Bertz CT molecular complexity index is 2230. The minimum absolute atomic E-state index is 0.0397. The van der Waals surface area contributed by atoms with Gasteiger partial charge in [0.25, 0.3) is 6.47 Å². The summed E-state index contributed by atoms with van der Waals surface area (Å²) in [5.41, 5.74) is 2.80. The first-order valence-electron chi connectivity index (χ1n) is 21.0. The summed E-state index contributed by atoms with van der Waals surface area (Å²) in [6, 6.07) is 11.4. The summed E-state index contributed by atoms with van der Waals surface area (Å²) in [7, 11) is 3.15. The van der Waals surface area contributed by atoms with E-state index < -0.39 is 45.9 Å². The van der Waals surface area contributed by atoms with E-state index in [0.29, 0.717) is 44.4 Å². The number of nitrogens with one attached hydrogen (secondary N) is 1. The number of hydrogen-bond donors (Lipinski definition) is 3. The number of likely N-dealkylation sites (N-methyl/N-ethyl adjacent to an activating group) is 1. The molecule has 308 valence electrons. The highest BCUT2D eigenvalue weighted by molar-refractivity contribution is 5.88. The molecule has 3 aromatic rings. The molecule has 2 unspecified atom stereocenters. The summed E-state index contributed by atoms with van der Waals surface area (Å²) in [6.07, 6.45) is 8.75. The third-order valence-corrected chi connectivity index (χ3v) is 15.1. The van der Waals surface area contributed by atoms with Crippen LogP contribution in [0.3, 0.4) is 0 Å². The van der Waals surface area contributed by atoms with E-state index in [2.05, 4.69) is 64.2 Å². The first-order valence-corrected chi connectivity index (χ1v) is 21.0. The zero-order valence-corrected chi connectivity index (χ0v) is 34.3. The minimum atomic E-state index is -2.27. The number of ether oxygens (including phenoxy) is 3. The average molecular weight is 793 g/mol. The highest BCUT2D eigenvalue weighted by Crippen LogP contribution is 2.68. The molecule has 1 aliphatic carbocycles. The molecule has 2 aromatic carbocycles. The average Bonchev–Trinajstić information content (AvgIpc) is 3.89. The van der Waals surface area contributed by atoms with E-state index >= 15 is 0 Å². The van der Waals surface area contributed by atoms with Crippen LogP contribution >= 0.6 is 0 Å². The van der Waals surface area contributed by atoms with Crippen molar-refractivity contribution in [1.82, 2.24) is 14.8 Å². The van der Waals surface area contributed by atoms with Gasteiger partial charge >= 0.3 is 11.9 Å². The monoisotopic (exact) mass is 792 g/mol. The number of methoxy groups -OCH3 is 1. The van der Waals surface area contributed by atoms with Crippen LogP contribution in [0.4, 0.5) is 5.69 Å². The summed E-state index contributed by atoms with van der Waals surface area (Å²) >= 11 is 0. The number of fused-ring (bicyclic) bond motifs is 6. The molecule has 58 heavy (non-hydrogen) atoms. The number of hydrogen-bond acceptors (Lipinski definition) is 11. The highest BCUT2D eigenvalue weighted by atomic mass is 16.6. The van der Waals surface area contributed by atoms with E-state index in [1.807, 2.05) is 31.0 Å². The lowest BCUT2D eigenvalue weighted by molar-refractivity contribution is -0.228. The first-order chi connectivity index (χ1) is 28.0. The molecule has 6 aliphatic rings. The SMILES string of the molecule is CCC1=CC2CN(CCc3c([nH]c4ccccc34)[C@@](COC=O)(c3cc4c(cc3CO)N(C)[C@H]3[C@@](O)(C(=O)OC)[C@H](OC(C)=O)[C@]5(CC)C=CCN6CC[C@]43[C@@H]65)C2)C1. The maximum absolute atomic E-state index is 14.4. The molecule has 2 fully saturated rings. The van der Waals surface area contributed by atoms with Gasteiger partial charge in [0.2, 0.25) is 5.60 Å². The molecule has 1 aromatic heterocycles. The minimum Gasteiger partial charge on any atom is -0.467 e. The summed E-state index contributed by atoms with van der Waals surface area (Å²) in [5.74, 6) is -1.33. The third-order valence-electron chi connectivity index (χ3n) is 15.1. The number of anilines is 1. The predicted octanol–water partition coefficient (Wildman–Crippen LogP) is 4.28. The Labute approximate surface area is 339 Å². The smallest absolute Gasteiger partial charge is 0.344 e. The normalized spacial score (nSPS) is 34.8. The number of aliphatic hydroxyl groups is 2. The maximum Gasteiger partial charge on any atom is 0.344 e. The number of carbonyl (C=O) groups is 3. The van der Waals surface area contributed by atoms with Crippen LogP contribution in [0.2, 0.25) is 0 Å². The van der Waals surface area contributed by atoms with Gasteiger partial charge in [0.15, 0.2) is 6.10 Å². The lowest BCUT2D eigenvalue weighted by Crippen LogP contribution is -2.81. The molecule has 5 aliphatic heterocycles. The number of H-pyrrole nitrogens is 1. The van der Waals surface area contributed by atoms with E-state index in [1.165, 1.54) is 25.2 Å². The second-order valence-corrected chi connectivity index (χ2v) is 17.7. The fourth-order valence-electron chi connectivity index (χ4n) is 13.2. The Balaban J connectivity index is 1.36. The van der Waals surface area contributed by atoms with Gasteiger partial charge in [0.1, 0.15) is 6.61 Å². The highest BCUT2D eigenvalue weighted by Gasteiger charge is 2.80. The summed E-state index contributed by atoms with van der Waals surface area (Å²) in [4.78, 5) is 50.5. The molecule has 6 heterocycles. The van der Waals surface area contributed by atoms with E-state index in [9.17, 15) is 24.6 Å². The van der Waals surface area contributed by atoms with Crippen molar-refractivity contribution >= 4 is 35.0 Å². The van der Waals surface area contributed by atoms with Gasteiger partial charge in [-0.3, -0.25) is 19.4 Å². The maximum atomic E-state index is 14.4. The van der Waals surface area contributed by atoms with Crippen molar-refractivity contribution in [3.63, 3.8) is 0 Å². The molecule has 1 saturated carbocycles. The molecule has 0 radical (unpaired) electrons. The lowest BCUT2D eigenvalue weighted by Gasteiger charge is -2.63. The van der Waals surface area contributed by atoms with Gasteiger partial charge in [-0.05, 0) is 79.0 Å². The second-order valence-electron chi connectivity index (χ2n) is 17.7. The number of para-hydroxylation sites is 1. The van der Waals surface area contributed by atoms with Crippen molar-refractivity contribution in [3.8, 4) is 0 Å². The van der Waals surface area contributed by atoms with Gasteiger partial charge < -0.3 is 34.3 Å². The standard InChI is InChI=1S/C46H56N4O8/c1-6-29-19-30-22-44(26-57-27-52,38-33(13-17-49(23-29)24-30)32-11-8-9-12-36(32)47-38)34-21-35-37(20-31(34)25-51)48(4)40-45(35)15-18-50-16-10-14-43(7-2,39(45)50)41(58-28(3)53)46(40,55)42(54)56-5/h8-12,14,19-21,27,30,39-41,47,51,55H,6-7,13,15-18,22-26H2,1-5H3/t30?,39-,40+,41+,43+,44-,45+,46-/m0/s1. The number of aliphatic hydroxyl groups excluding tert-OH is 1. The van der Waals surface area contributed by atoms with Crippen LogP contribution in [0.15, 0.2) is 60.2 Å². The number of nitrogens with zero attached hydrogens (tertiary/aromatic N) is 3. The van der Waals surface area contributed by atoms with E-state index in [4.69, 9.17) is 14.2 Å². The molecular formula is C46H56N4O8. The van der Waals surface area contributed by atoms with E-state index in [-0.39, 0.29) is 25.2 Å². The van der Waals surface area contributed by atoms with Crippen molar-refractivity contribution in [1.29, 1.82) is 0 Å². The fraction of sp³-hybridized carbons (Fsp3) is 0.543. The first kappa shape index (κ1) is 39.0. The number of esters is 2. The van der Waals surface area contributed by atoms with E-state index in [0.717, 1.165) is 65.9 Å². The molecule has 9 rings (SSSR count). The predicted molar refractivity (Wildman–Crippen MR) is 218 cm³/mol. The molecule has 9 atom stereocenters. The summed E-state index contributed by atoms with van der Waals surface area (Å²) in [6.45, 7) is 9.82. The number of rotatable bonds is 9. The van der Waals surface area contributed by atoms with Gasteiger partial charge in [0.05, 0.1) is 25.2 Å². The van der Waals surface area contributed by atoms with Crippen LogP contribution < -0.4 is 4.90 Å². The third kappa shape index (κ3) is 5.17. The van der Waals surface area contributed by atoms with Gasteiger partial charge in [-0.25, -0.2) is 4.79 Å². The lowest BCUT2D eigenvalue weighted by atomic mass is 9.47. The second kappa shape index (κ2) is 14.1. The van der Waals surface area contributed by atoms with Gasteiger partial charge in [-0.15, -0.1) is 0 Å². The van der Waals surface area contributed by atoms with E-state index in [1.54, 1.807) is 0 Å². The van der Waals surface area contributed by atoms with Gasteiger partial charge in [-0.1, -0.05) is 61.9 Å². The molecule has 0 amide bonds. The van der Waals surface area contributed by atoms with Crippen molar-refractivity contribution in [2.24, 2.45) is 11.3 Å². The Morgan fingerprint density at radius 3 is 2.64 bits per heavy atom. The Hall–Kier alpha value is -4.49. The number of benzene rings is 2. The van der Waals surface area contributed by atoms with Crippen molar-refractivity contribution in [2.75, 3.05) is 58.4 Å². The molecular weight excluding hydrogens is 737 g/mol. The van der Waals surface area contributed by atoms with Crippen LogP contribution in [0.25, 0.3) is 10.9 Å². The van der Waals surface area contributed by atoms with Crippen molar-refractivity contribution < 1.29 is 38.8 Å². The topological polar surface area (TPSA) is 145 Å². The number of aromatic nitrogens is 1. The zero-order valence-electron chi connectivity index (χ0n) is 34.3. The van der Waals surface area contributed by atoms with Gasteiger partial charge in [-0.2, -0.15) is 0 Å². The molecule has 1 spiro atoms. The molecule has 3 N–H and O–H groups in total. The van der Waals surface area contributed by atoms with Crippen LogP contribution in [-0.4, -0.2) is 121 Å². The fourth-order valence-corrected chi connectivity index (χ4v) is 13.2. The summed E-state index contributed by atoms with van der Waals surface area (Å²) < 4.78 is 17.6. The Kier molecular flexibility index (Phi) is 9.46. The van der Waals surface area contributed by atoms with Crippen molar-refractivity contribution in [2.45, 2.75) is 94.1 Å². The van der Waals surface area contributed by atoms with Crippen molar-refractivity contribution in [3.05, 3.63) is 88.1 Å². The molecule has 1 saturated heterocycles. The number of aromatic amines is 1. The largest absolute Gasteiger partial charge is 0.467 e. The molecule has 12 nitrogen and oxygen atoms in total. The summed E-state index contributed by atoms with van der Waals surface area (Å²) in [5, 5.41) is 25.9.